The first-order valence-corrected chi connectivity index (χ1v) is 12.8. The van der Waals surface area contributed by atoms with Crippen LogP contribution in [0.5, 0.6) is 0 Å². The van der Waals surface area contributed by atoms with Crippen LogP contribution < -0.4 is 21.9 Å². The normalized spacial score (nSPS) is 14.3. The van der Waals surface area contributed by atoms with Gasteiger partial charge in [-0.15, -0.1) is 0 Å². The van der Waals surface area contributed by atoms with E-state index in [4.69, 9.17) is 4.42 Å². The number of aryl methyl sites for hydroxylation is 1. The summed E-state index contributed by atoms with van der Waals surface area (Å²) in [7, 11) is 1.58. The molecule has 1 aliphatic carbocycles. The molecule has 0 radical (unpaired) electrons. The van der Waals surface area contributed by atoms with Crippen molar-refractivity contribution >= 4 is 34.5 Å². The van der Waals surface area contributed by atoms with Crippen molar-refractivity contribution in [2.24, 2.45) is 7.05 Å². The van der Waals surface area contributed by atoms with Crippen molar-refractivity contribution in [1.29, 1.82) is 0 Å². The molecule has 2 aromatic carbocycles. The van der Waals surface area contributed by atoms with E-state index in [2.05, 4.69) is 20.7 Å². The maximum atomic E-state index is 13.3. The molecular formula is C28H24N6O7. The summed E-state index contributed by atoms with van der Waals surface area (Å²) in [6, 6.07) is 10.4. The minimum absolute atomic E-state index is 0.00666. The minimum Gasteiger partial charge on any atom is -0.478 e. The van der Waals surface area contributed by atoms with Gasteiger partial charge in [-0.25, -0.2) is 19.1 Å². The van der Waals surface area contributed by atoms with E-state index in [0.717, 1.165) is 11.1 Å². The second-order valence-corrected chi connectivity index (χ2v) is 9.93. The molecule has 1 atom stereocenters. The van der Waals surface area contributed by atoms with Crippen molar-refractivity contribution < 1.29 is 23.9 Å². The molecule has 0 saturated heterocycles. The Hall–Kier alpha value is -5.46. The van der Waals surface area contributed by atoms with Crippen molar-refractivity contribution in [3.05, 3.63) is 103 Å². The molecule has 0 unspecified atom stereocenters. The highest BCUT2D eigenvalue weighted by Gasteiger charge is 2.28. The third kappa shape index (κ3) is 4.46. The molecule has 208 valence electrons. The number of aromatic nitrogens is 4. The van der Waals surface area contributed by atoms with E-state index in [1.54, 1.807) is 38.2 Å². The van der Waals surface area contributed by atoms with Crippen molar-refractivity contribution in [2.75, 3.05) is 0 Å². The Bertz CT molecular complexity index is 2030. The highest BCUT2D eigenvalue weighted by atomic mass is 16.4. The summed E-state index contributed by atoms with van der Waals surface area (Å²) in [5.41, 5.74) is 3.86. The number of carbonyl (C=O) groups is 3. The number of nitrogens with one attached hydrogen (secondary N) is 3. The molecule has 0 fully saturated rings. The lowest BCUT2D eigenvalue weighted by Crippen LogP contribution is -2.30. The molecule has 41 heavy (non-hydrogen) atoms. The molecule has 4 N–H and O–H groups in total. The molecule has 0 aliphatic heterocycles. The van der Waals surface area contributed by atoms with Gasteiger partial charge in [-0.2, -0.15) is 0 Å². The standard InChI is InChI=1S/C28H24N6O7/c1-13-15-6-7-18(17(15)5-4-16(13)27(38)39)31-25(36)19-10-21(34-23(30-19)11-24(35)32-34)26(37)29-12-14-3-8-22-20(9-14)33(2)28(40)41-22/h3-5,8-11,18H,6-7,12H2,1-2H3,(H,29,37)(H,31,36)(H,32,35)(H,38,39)/t18-/m0/s1. The minimum atomic E-state index is -1.00. The molecule has 2 amide bonds. The Labute approximate surface area is 230 Å². The number of aromatic carboxylic acids is 1. The number of fused-ring (bicyclic) bond motifs is 3. The van der Waals surface area contributed by atoms with Crippen LogP contribution in [0.3, 0.4) is 0 Å². The number of benzene rings is 2. The van der Waals surface area contributed by atoms with Crippen molar-refractivity contribution in [2.45, 2.75) is 32.4 Å². The summed E-state index contributed by atoms with van der Waals surface area (Å²) in [5, 5.41) is 17.6. The third-order valence-corrected chi connectivity index (χ3v) is 7.46. The molecule has 3 heterocycles. The first-order chi connectivity index (χ1) is 19.6. The summed E-state index contributed by atoms with van der Waals surface area (Å²) >= 11 is 0. The van der Waals surface area contributed by atoms with E-state index in [0.29, 0.717) is 35.1 Å². The topological polar surface area (TPSA) is 181 Å². The number of nitrogens with zero attached hydrogens (tertiary/aromatic N) is 3. The molecule has 1 aliphatic rings. The largest absolute Gasteiger partial charge is 0.478 e. The average Bonchev–Trinajstić information content (AvgIpc) is 3.61. The molecular weight excluding hydrogens is 532 g/mol. The lowest BCUT2D eigenvalue weighted by Gasteiger charge is -2.16. The van der Waals surface area contributed by atoms with Crippen LogP contribution in [-0.4, -0.2) is 42.1 Å². The number of H-pyrrole nitrogens is 1. The van der Waals surface area contributed by atoms with Gasteiger partial charge in [-0.05, 0) is 60.2 Å². The van der Waals surface area contributed by atoms with Gasteiger partial charge in [0, 0.05) is 25.7 Å². The first kappa shape index (κ1) is 25.8. The molecule has 0 bridgehead atoms. The zero-order chi connectivity index (χ0) is 29.0. The molecule has 13 nitrogen and oxygen atoms in total. The van der Waals surface area contributed by atoms with E-state index in [9.17, 15) is 29.1 Å². The number of hydrogen-bond donors (Lipinski definition) is 4. The van der Waals surface area contributed by atoms with Crippen LogP contribution in [0.4, 0.5) is 0 Å². The van der Waals surface area contributed by atoms with Gasteiger partial charge in [0.2, 0.25) is 0 Å². The quantitative estimate of drug-likeness (QED) is 0.244. The zero-order valence-electron chi connectivity index (χ0n) is 22.0. The first-order valence-electron chi connectivity index (χ1n) is 12.8. The molecule has 3 aromatic heterocycles. The summed E-state index contributed by atoms with van der Waals surface area (Å²) < 4.78 is 7.70. The van der Waals surface area contributed by atoms with Gasteiger partial charge in [-0.1, -0.05) is 12.1 Å². The van der Waals surface area contributed by atoms with Gasteiger partial charge >= 0.3 is 11.7 Å². The molecule has 6 rings (SSSR count). The van der Waals surface area contributed by atoms with Crippen LogP contribution in [0, 0.1) is 6.92 Å². The average molecular weight is 557 g/mol. The van der Waals surface area contributed by atoms with Crippen molar-refractivity contribution in [1.82, 2.24) is 29.8 Å². The molecule has 13 heteroatoms. The summed E-state index contributed by atoms with van der Waals surface area (Å²) in [6.45, 7) is 1.85. The van der Waals surface area contributed by atoms with Gasteiger partial charge in [0.15, 0.2) is 11.2 Å². The Balaban J connectivity index is 1.26. The number of carbonyl (C=O) groups excluding carboxylic acids is 2. The van der Waals surface area contributed by atoms with Crippen LogP contribution in [0.1, 0.15) is 66.1 Å². The predicted octanol–water partition coefficient (Wildman–Crippen LogP) is 1.82. The number of amides is 2. The fourth-order valence-electron chi connectivity index (χ4n) is 5.33. The number of aromatic amines is 1. The number of rotatable bonds is 6. The number of carboxylic acids is 1. The van der Waals surface area contributed by atoms with E-state index in [-0.39, 0.29) is 35.2 Å². The second-order valence-electron chi connectivity index (χ2n) is 9.93. The number of hydrogen-bond acceptors (Lipinski definition) is 7. The Morgan fingerprint density at radius 2 is 1.93 bits per heavy atom. The van der Waals surface area contributed by atoms with Gasteiger partial charge in [-0.3, -0.25) is 24.0 Å². The Kier molecular flexibility index (Phi) is 6.06. The van der Waals surface area contributed by atoms with Crippen LogP contribution in [0.15, 0.2) is 56.5 Å². The van der Waals surface area contributed by atoms with Crippen molar-refractivity contribution in [3.8, 4) is 0 Å². The fourth-order valence-corrected chi connectivity index (χ4v) is 5.33. The van der Waals surface area contributed by atoms with Crippen LogP contribution >= 0.6 is 0 Å². The second kappa shape index (κ2) is 9.62. The van der Waals surface area contributed by atoms with Gasteiger partial charge in [0.05, 0.1) is 17.1 Å². The summed E-state index contributed by atoms with van der Waals surface area (Å²) in [5.74, 6) is -2.61. The van der Waals surface area contributed by atoms with Gasteiger partial charge < -0.3 is 20.2 Å². The Morgan fingerprint density at radius 3 is 2.71 bits per heavy atom. The van der Waals surface area contributed by atoms with Gasteiger partial charge in [0.25, 0.3) is 17.4 Å². The van der Waals surface area contributed by atoms with E-state index in [1.165, 1.54) is 27.3 Å². The molecule has 5 aromatic rings. The highest BCUT2D eigenvalue weighted by molar-refractivity contribution is 5.98. The Morgan fingerprint density at radius 1 is 1.12 bits per heavy atom. The maximum Gasteiger partial charge on any atom is 0.419 e. The van der Waals surface area contributed by atoms with Gasteiger partial charge in [0.1, 0.15) is 11.4 Å². The van der Waals surface area contributed by atoms with Crippen LogP contribution in [-0.2, 0) is 20.0 Å². The highest BCUT2D eigenvalue weighted by Crippen LogP contribution is 2.34. The summed E-state index contributed by atoms with van der Waals surface area (Å²) in [6.07, 6.45) is 1.19. The maximum absolute atomic E-state index is 13.3. The van der Waals surface area contributed by atoms with E-state index >= 15 is 0 Å². The molecule has 0 saturated carbocycles. The monoisotopic (exact) mass is 556 g/mol. The number of carboxylic acid groups (broad SMARTS) is 1. The van der Waals surface area contributed by atoms with Crippen LogP contribution in [0.25, 0.3) is 16.7 Å². The summed E-state index contributed by atoms with van der Waals surface area (Å²) in [4.78, 5) is 66.2. The van der Waals surface area contributed by atoms with E-state index < -0.39 is 29.1 Å². The number of oxazole rings is 1. The lowest BCUT2D eigenvalue weighted by molar-refractivity contribution is 0.0695. The van der Waals surface area contributed by atoms with Crippen molar-refractivity contribution in [3.63, 3.8) is 0 Å². The third-order valence-electron chi connectivity index (χ3n) is 7.46. The van der Waals surface area contributed by atoms with Crippen LogP contribution in [0.2, 0.25) is 0 Å². The lowest BCUT2D eigenvalue weighted by atomic mass is 9.98. The predicted molar refractivity (Wildman–Crippen MR) is 145 cm³/mol. The SMILES string of the molecule is Cc1c(C(=O)O)ccc2c1CC[C@@H]2NC(=O)c1cc(C(=O)NCc2ccc3oc(=O)n(C)c3c2)n2[nH]c(=O)cc2n1. The smallest absolute Gasteiger partial charge is 0.419 e. The fraction of sp³-hybridized carbons (Fsp3) is 0.214. The molecule has 0 spiro atoms. The van der Waals surface area contributed by atoms with E-state index in [1.807, 2.05) is 0 Å². The zero-order valence-corrected chi connectivity index (χ0v) is 22.0.